The van der Waals surface area contributed by atoms with E-state index in [0.29, 0.717) is 22.1 Å². The Morgan fingerprint density at radius 2 is 0.536 bits per heavy atom. The second-order valence-corrected chi connectivity index (χ2v) is 21.1. The van der Waals surface area contributed by atoms with E-state index in [0.717, 1.165) is 76.5 Å². The number of nitriles is 2. The normalized spacial score (nSPS) is 11.8. The van der Waals surface area contributed by atoms with Crippen molar-refractivity contribution >= 4 is 220 Å². The van der Waals surface area contributed by atoms with Gasteiger partial charge in [-0.05, 0) is 71.8 Å². The van der Waals surface area contributed by atoms with Crippen LogP contribution < -0.4 is 54.6 Å². The fourth-order valence-corrected chi connectivity index (χ4v) is 13.3. The van der Waals surface area contributed by atoms with Gasteiger partial charge in [0.25, 0.3) is 0 Å². The van der Waals surface area contributed by atoms with Crippen molar-refractivity contribution in [1.29, 1.82) is 10.5 Å². The molecule has 0 saturated heterocycles. The molecule has 16 heteroatoms. The molecule has 362 valence electrons. The molecule has 0 saturated carbocycles. The van der Waals surface area contributed by atoms with Crippen molar-refractivity contribution in [1.82, 2.24) is 18.3 Å². The van der Waals surface area contributed by atoms with E-state index in [1.54, 1.807) is 0 Å². The molecule has 15 rings (SSSR count). The summed E-state index contributed by atoms with van der Waals surface area (Å²) in [5.41, 5.74) is 8.00. The van der Waals surface area contributed by atoms with Crippen LogP contribution in [0.2, 0.25) is 0 Å². The van der Waals surface area contributed by atoms with Crippen LogP contribution in [-0.2, 0) is 0 Å². The number of aromatic nitrogens is 4. The largest absolute Gasteiger partial charge is 0.309 e. The molecule has 20 radical (unpaired) electrons. The first-order chi connectivity index (χ1) is 40.9. The number of benzene rings is 11. The Morgan fingerprint density at radius 1 is 0.250 bits per heavy atom. The molecule has 0 aliphatic rings. The molecule has 0 fully saturated rings. The van der Waals surface area contributed by atoms with Crippen molar-refractivity contribution in [2.24, 2.45) is 0 Å². The van der Waals surface area contributed by atoms with Gasteiger partial charge in [-0.2, -0.15) is 10.5 Å². The van der Waals surface area contributed by atoms with Gasteiger partial charge in [0.15, 0.2) is 0 Å². The summed E-state index contributed by atoms with van der Waals surface area (Å²) in [5.74, 6) is 0. The first kappa shape index (κ1) is 51.2. The Morgan fingerprint density at radius 3 is 0.869 bits per heavy atom. The third-order valence-electron chi connectivity index (χ3n) is 17.0. The van der Waals surface area contributed by atoms with Gasteiger partial charge in [-0.1, -0.05) is 143 Å². The summed E-state index contributed by atoms with van der Waals surface area (Å²) in [4.78, 5) is 0. The number of hydrogen-bond acceptors (Lipinski definition) is 2. The zero-order chi connectivity index (χ0) is 57.7. The average molecular weight is 1040 g/mol. The van der Waals surface area contributed by atoms with E-state index in [9.17, 15) is 10.5 Å². The zero-order valence-corrected chi connectivity index (χ0v) is 44.8. The number of hydrogen-bond donors (Lipinski definition) is 0. The Balaban J connectivity index is 1.23. The van der Waals surface area contributed by atoms with Gasteiger partial charge >= 0.3 is 0 Å². The fraction of sp³-hybridized carbons (Fsp3) is 0. The number of rotatable bonds is 6. The van der Waals surface area contributed by atoms with E-state index in [1.165, 1.54) is 0 Å². The molecular weight excluding hydrogens is 1010 g/mol. The first-order valence-corrected chi connectivity index (χ1v) is 27.0. The maximum Gasteiger partial charge on any atom is 0.113 e. The summed E-state index contributed by atoms with van der Waals surface area (Å²) >= 11 is 0. The van der Waals surface area contributed by atoms with Crippen molar-refractivity contribution in [2.75, 3.05) is 0 Å². The Kier molecular flexibility index (Phi) is 11.5. The highest BCUT2D eigenvalue weighted by molar-refractivity contribution is 6.70. The van der Waals surface area contributed by atoms with E-state index in [-0.39, 0.29) is 99.4 Å². The van der Waals surface area contributed by atoms with Crippen LogP contribution in [0, 0.1) is 22.7 Å². The van der Waals surface area contributed by atoms with Crippen molar-refractivity contribution in [3.63, 3.8) is 0 Å². The minimum absolute atomic E-state index is 0.0366. The predicted octanol–water partition coefficient (Wildman–Crippen LogP) is 5.09. The van der Waals surface area contributed by atoms with Crippen LogP contribution in [0.5, 0.6) is 0 Å². The maximum absolute atomic E-state index is 12.6. The van der Waals surface area contributed by atoms with Crippen LogP contribution in [0.4, 0.5) is 0 Å². The lowest BCUT2D eigenvalue weighted by atomic mass is 9.58. The Hall–Kier alpha value is -9.75. The first-order valence-electron chi connectivity index (χ1n) is 27.0. The predicted molar refractivity (Wildman–Crippen MR) is 358 cm³/mol. The number of para-hydroxylation sites is 6. The number of nitrogens with zero attached hydrogens (tertiary/aromatic N) is 6. The topological polar surface area (TPSA) is 67.3 Å². The highest BCUT2D eigenvalue weighted by Crippen LogP contribution is 2.50. The molecule has 0 amide bonds. The fourth-order valence-electron chi connectivity index (χ4n) is 13.3. The third-order valence-corrected chi connectivity index (χ3v) is 17.0. The maximum atomic E-state index is 12.6. The molecule has 4 heterocycles. The molecule has 15 aromatic rings. The summed E-state index contributed by atoms with van der Waals surface area (Å²) in [7, 11) is 69.9. The summed E-state index contributed by atoms with van der Waals surface area (Å²) in [6, 6.07) is 66.1. The van der Waals surface area contributed by atoms with E-state index in [2.05, 4.69) is 81.9 Å². The molecule has 0 bridgehead atoms. The van der Waals surface area contributed by atoms with E-state index < -0.39 is 0 Å². The molecule has 0 spiro atoms. The minimum Gasteiger partial charge on any atom is -0.309 e. The smallest absolute Gasteiger partial charge is 0.113 e. The SMILES string of the molecule is [B]c1c([B])c([B])c(-c2c(C#N)c(-n3c4ccccc4c4c3ccc3c5ccccc5n(-c5ccccc5)c34)c(-c3c([B])c([B])c([B])c([B])c3[B])c(C#N)c2-n2c3ccccc3c3c2ccc2c4ccccc4n(-c4ccccc4)c23)c([B])c1[B]. The van der Waals surface area contributed by atoms with E-state index >= 15 is 0 Å². The van der Waals surface area contributed by atoms with E-state index in [4.69, 9.17) is 78.5 Å². The van der Waals surface area contributed by atoms with Crippen LogP contribution >= 0.6 is 0 Å². The second-order valence-electron chi connectivity index (χ2n) is 21.1. The number of fused-ring (bicyclic) bond motifs is 14. The van der Waals surface area contributed by atoms with Gasteiger partial charge in [-0.25, -0.2) is 0 Å². The van der Waals surface area contributed by atoms with Gasteiger partial charge in [-0.15, -0.1) is 32.8 Å². The van der Waals surface area contributed by atoms with Crippen LogP contribution in [0.15, 0.2) is 182 Å². The molecule has 0 aliphatic heterocycles. The van der Waals surface area contributed by atoms with Crippen molar-refractivity contribution in [3.8, 4) is 57.1 Å². The minimum atomic E-state index is -0.0804. The van der Waals surface area contributed by atoms with Gasteiger partial charge in [0, 0.05) is 65.6 Å². The van der Waals surface area contributed by atoms with E-state index in [1.807, 2.05) is 130 Å². The van der Waals surface area contributed by atoms with Crippen molar-refractivity contribution in [2.45, 2.75) is 0 Å². The lowest BCUT2D eigenvalue weighted by Crippen LogP contribution is -2.55. The lowest BCUT2D eigenvalue weighted by Gasteiger charge is -2.30. The molecule has 84 heavy (non-hydrogen) atoms. The summed E-state index contributed by atoms with van der Waals surface area (Å²) in [6.45, 7) is 0. The highest BCUT2D eigenvalue weighted by atomic mass is 15.0. The third kappa shape index (κ3) is 6.80. The van der Waals surface area contributed by atoms with Crippen LogP contribution in [-0.4, -0.2) is 96.7 Å². The highest BCUT2D eigenvalue weighted by Gasteiger charge is 2.35. The molecule has 11 aromatic carbocycles. The van der Waals surface area contributed by atoms with Gasteiger partial charge in [0.2, 0.25) is 0 Å². The molecule has 0 N–H and O–H groups in total. The summed E-state index contributed by atoms with van der Waals surface area (Å²) < 4.78 is 8.43. The summed E-state index contributed by atoms with van der Waals surface area (Å²) in [5, 5.41) is 32.6. The monoisotopic (exact) mass is 1040 g/mol. The molecule has 0 atom stereocenters. The van der Waals surface area contributed by atoms with Crippen molar-refractivity contribution in [3.05, 3.63) is 193 Å². The van der Waals surface area contributed by atoms with Crippen LogP contribution in [0.1, 0.15) is 11.1 Å². The average Bonchev–Trinajstić information content (AvgIpc) is 1.60. The standard InChI is InChI=1S/C68H30B10N6/c69-55-53(56(70)60(74)63(77)59(55)73)51-42(32-80)68(84-46-26-14-10-22-40(46)50-48(84)30-28-38-36-20-8-12-24-44(36)82(66(38)50)34-17-5-2-6-18-34)52(54-57(71)61(75)64(78)62(76)58(54)72)41(31-79)67(51)83-45-25-13-9-21-39(45)49-47(83)29-27-37-35-19-7-11-23-43(35)81(65(37)49)33-15-3-1-4-16-33/h1-30H. The van der Waals surface area contributed by atoms with Crippen LogP contribution in [0.3, 0.4) is 0 Å². The Labute approximate surface area is 496 Å². The van der Waals surface area contributed by atoms with Gasteiger partial charge < -0.3 is 18.3 Å². The molecular formula is C68H30B10N6. The van der Waals surface area contributed by atoms with Crippen LogP contribution in [0.25, 0.3) is 132 Å². The lowest BCUT2D eigenvalue weighted by molar-refractivity contribution is 1.13. The van der Waals surface area contributed by atoms with Gasteiger partial charge in [0.1, 0.15) is 90.6 Å². The molecule has 0 unspecified atom stereocenters. The quantitative estimate of drug-likeness (QED) is 0.218. The second kappa shape index (κ2) is 18.9. The molecule has 4 aromatic heterocycles. The summed E-state index contributed by atoms with van der Waals surface area (Å²) in [6.07, 6.45) is 0. The van der Waals surface area contributed by atoms with Gasteiger partial charge in [0.05, 0.1) is 66.6 Å². The zero-order valence-electron chi connectivity index (χ0n) is 44.8. The van der Waals surface area contributed by atoms with Crippen molar-refractivity contribution < 1.29 is 0 Å². The van der Waals surface area contributed by atoms with Gasteiger partial charge in [-0.3, -0.25) is 0 Å². The molecule has 6 nitrogen and oxygen atoms in total. The molecule has 0 aliphatic carbocycles. The Bertz CT molecular complexity index is 5130.